The summed E-state index contributed by atoms with van der Waals surface area (Å²) >= 11 is 0. The molecular formula is C17H28N6O3. The number of anilines is 2. The summed E-state index contributed by atoms with van der Waals surface area (Å²) in [6.07, 6.45) is 4.30. The van der Waals surface area contributed by atoms with Gasteiger partial charge in [0, 0.05) is 25.9 Å². The largest absolute Gasteiger partial charge is 0.384 e. The molecule has 1 unspecified atom stereocenters. The second-order valence-corrected chi connectivity index (χ2v) is 6.19. The number of ether oxygens (including phenoxy) is 3. The van der Waals surface area contributed by atoms with Crippen molar-refractivity contribution in [2.45, 2.75) is 52.2 Å². The van der Waals surface area contributed by atoms with Gasteiger partial charge in [-0.2, -0.15) is 10.2 Å². The van der Waals surface area contributed by atoms with Crippen molar-refractivity contribution in [2.24, 2.45) is 0 Å². The van der Waals surface area contributed by atoms with Crippen molar-refractivity contribution < 1.29 is 14.2 Å². The van der Waals surface area contributed by atoms with Crippen molar-refractivity contribution in [1.82, 2.24) is 19.6 Å². The molecule has 0 radical (unpaired) electrons. The fourth-order valence-electron chi connectivity index (χ4n) is 3.09. The van der Waals surface area contributed by atoms with Crippen LogP contribution in [-0.4, -0.2) is 45.7 Å². The molecule has 144 valence electrons. The van der Waals surface area contributed by atoms with E-state index in [0.29, 0.717) is 37.1 Å². The number of nitrogens with two attached hydrogens (primary N) is 2. The minimum Gasteiger partial charge on any atom is -0.384 e. The molecule has 0 aliphatic carbocycles. The zero-order valence-corrected chi connectivity index (χ0v) is 15.4. The average Bonchev–Trinajstić information content (AvgIpc) is 3.19. The molecule has 0 bridgehead atoms. The van der Waals surface area contributed by atoms with Gasteiger partial charge in [0.15, 0.2) is 12.5 Å². The Morgan fingerprint density at radius 2 is 2.04 bits per heavy atom. The van der Waals surface area contributed by atoms with E-state index in [1.54, 1.807) is 21.6 Å². The summed E-state index contributed by atoms with van der Waals surface area (Å²) in [4.78, 5) is 0. The fourth-order valence-corrected chi connectivity index (χ4v) is 3.09. The molecule has 9 heteroatoms. The highest BCUT2D eigenvalue weighted by molar-refractivity contribution is 5.72. The maximum atomic E-state index is 6.30. The van der Waals surface area contributed by atoms with Crippen LogP contribution in [0.4, 0.5) is 11.6 Å². The normalized spacial score (nSPS) is 17.9. The van der Waals surface area contributed by atoms with Gasteiger partial charge in [-0.05, 0) is 33.1 Å². The van der Waals surface area contributed by atoms with E-state index in [-0.39, 0.29) is 6.23 Å². The first-order valence-electron chi connectivity index (χ1n) is 9.15. The highest BCUT2D eigenvalue weighted by atomic mass is 16.7. The summed E-state index contributed by atoms with van der Waals surface area (Å²) in [5.41, 5.74) is 13.8. The van der Waals surface area contributed by atoms with E-state index in [4.69, 9.17) is 25.7 Å². The Morgan fingerprint density at radius 1 is 1.27 bits per heavy atom. The summed E-state index contributed by atoms with van der Waals surface area (Å²) < 4.78 is 20.3. The van der Waals surface area contributed by atoms with Crippen LogP contribution in [0.25, 0.3) is 11.3 Å². The number of nitrogen functional groups attached to an aromatic ring is 2. The highest BCUT2D eigenvalue weighted by Crippen LogP contribution is 2.31. The number of nitrogens with zero attached hydrogens (tertiary/aromatic N) is 4. The van der Waals surface area contributed by atoms with Gasteiger partial charge < -0.3 is 25.7 Å². The van der Waals surface area contributed by atoms with E-state index in [2.05, 4.69) is 10.2 Å². The zero-order valence-electron chi connectivity index (χ0n) is 15.4. The summed E-state index contributed by atoms with van der Waals surface area (Å²) in [7, 11) is 0. The fraction of sp³-hybridized carbons (Fsp3) is 0.647. The molecule has 1 atom stereocenters. The minimum absolute atomic E-state index is 0.114. The summed E-state index contributed by atoms with van der Waals surface area (Å²) in [6.45, 7) is 6.10. The van der Waals surface area contributed by atoms with Gasteiger partial charge in [0.05, 0.1) is 24.0 Å². The van der Waals surface area contributed by atoms with Crippen LogP contribution in [0.1, 0.15) is 39.3 Å². The molecule has 9 nitrogen and oxygen atoms in total. The molecule has 1 aliphatic heterocycles. The van der Waals surface area contributed by atoms with Crippen LogP contribution in [0, 0.1) is 0 Å². The molecule has 0 amide bonds. The monoisotopic (exact) mass is 364 g/mol. The van der Waals surface area contributed by atoms with Gasteiger partial charge in [-0.1, -0.05) is 0 Å². The molecule has 1 fully saturated rings. The van der Waals surface area contributed by atoms with E-state index in [9.17, 15) is 0 Å². The lowest BCUT2D eigenvalue weighted by molar-refractivity contribution is -0.144. The van der Waals surface area contributed by atoms with Crippen molar-refractivity contribution in [3.63, 3.8) is 0 Å². The summed E-state index contributed by atoms with van der Waals surface area (Å²) in [6, 6.07) is 1.79. The molecule has 3 rings (SSSR count). The topological polar surface area (TPSA) is 115 Å². The van der Waals surface area contributed by atoms with Crippen LogP contribution in [0.3, 0.4) is 0 Å². The average molecular weight is 364 g/mol. The Hall–Kier alpha value is -2.10. The van der Waals surface area contributed by atoms with Gasteiger partial charge in [0.2, 0.25) is 0 Å². The van der Waals surface area contributed by atoms with E-state index in [1.165, 1.54) is 0 Å². The number of rotatable bonds is 8. The molecule has 1 saturated heterocycles. The zero-order chi connectivity index (χ0) is 18.5. The molecule has 2 aromatic heterocycles. The van der Waals surface area contributed by atoms with Crippen molar-refractivity contribution in [1.29, 1.82) is 0 Å². The Labute approximate surface area is 153 Å². The van der Waals surface area contributed by atoms with Gasteiger partial charge in [0.1, 0.15) is 11.6 Å². The second kappa shape index (κ2) is 8.52. The Balaban J connectivity index is 1.79. The molecule has 4 N–H and O–H groups in total. The van der Waals surface area contributed by atoms with Gasteiger partial charge in [-0.15, -0.1) is 0 Å². The first kappa shape index (κ1) is 18.7. The van der Waals surface area contributed by atoms with Crippen molar-refractivity contribution >= 4 is 11.6 Å². The van der Waals surface area contributed by atoms with Crippen molar-refractivity contribution in [3.8, 4) is 11.3 Å². The Kier molecular flexibility index (Phi) is 6.12. The summed E-state index contributed by atoms with van der Waals surface area (Å²) in [5.74, 6) is 1.05. The standard InChI is InChI=1S/C17H28N6O3/c1-3-24-16(25-4-2)11-22-14(18)9-13(21-22)12-10-20-23(17(12)19)15-7-5-6-8-26-15/h9-10,15-16H,3-8,11,18-19H2,1-2H3. The molecule has 0 spiro atoms. The maximum Gasteiger partial charge on any atom is 0.177 e. The quantitative estimate of drug-likeness (QED) is 0.688. The predicted octanol–water partition coefficient (Wildman–Crippen LogP) is 2.01. The molecule has 26 heavy (non-hydrogen) atoms. The smallest absolute Gasteiger partial charge is 0.177 e. The van der Waals surface area contributed by atoms with E-state index in [1.807, 2.05) is 13.8 Å². The van der Waals surface area contributed by atoms with Gasteiger partial charge >= 0.3 is 0 Å². The van der Waals surface area contributed by atoms with Crippen molar-refractivity contribution in [3.05, 3.63) is 12.3 Å². The molecule has 0 saturated carbocycles. The molecule has 0 aromatic carbocycles. The highest BCUT2D eigenvalue weighted by Gasteiger charge is 2.22. The van der Waals surface area contributed by atoms with Crippen LogP contribution >= 0.6 is 0 Å². The third-order valence-electron chi connectivity index (χ3n) is 4.38. The molecule has 1 aliphatic rings. The van der Waals surface area contributed by atoms with Crippen molar-refractivity contribution in [2.75, 3.05) is 31.3 Å². The maximum absolute atomic E-state index is 6.30. The second-order valence-electron chi connectivity index (χ2n) is 6.19. The van der Waals surface area contributed by atoms with E-state index >= 15 is 0 Å². The molecule has 3 heterocycles. The van der Waals surface area contributed by atoms with Gasteiger partial charge in [-0.25, -0.2) is 9.36 Å². The lowest BCUT2D eigenvalue weighted by Gasteiger charge is -2.23. The lowest BCUT2D eigenvalue weighted by atomic mass is 10.2. The third kappa shape index (κ3) is 4.00. The SMILES string of the molecule is CCOC(Cn1nc(-c2cnn(C3CCCCO3)c2N)cc1N)OCC. The van der Waals surface area contributed by atoms with E-state index < -0.39 is 6.29 Å². The Morgan fingerprint density at radius 3 is 2.69 bits per heavy atom. The van der Waals surface area contributed by atoms with Crippen LogP contribution < -0.4 is 11.5 Å². The van der Waals surface area contributed by atoms with Crippen LogP contribution in [0.15, 0.2) is 12.3 Å². The lowest BCUT2D eigenvalue weighted by Crippen LogP contribution is -2.25. The van der Waals surface area contributed by atoms with Gasteiger partial charge in [-0.3, -0.25) is 0 Å². The first-order chi connectivity index (χ1) is 12.6. The predicted molar refractivity (Wildman–Crippen MR) is 98.2 cm³/mol. The molecule has 2 aromatic rings. The summed E-state index contributed by atoms with van der Waals surface area (Å²) in [5, 5.41) is 8.96. The number of hydrogen-bond donors (Lipinski definition) is 2. The van der Waals surface area contributed by atoms with Crippen LogP contribution in [0.5, 0.6) is 0 Å². The third-order valence-corrected chi connectivity index (χ3v) is 4.38. The van der Waals surface area contributed by atoms with Crippen LogP contribution in [0.2, 0.25) is 0 Å². The Bertz CT molecular complexity index is 701. The van der Waals surface area contributed by atoms with Gasteiger partial charge in [0.25, 0.3) is 0 Å². The molecular weight excluding hydrogens is 336 g/mol. The van der Waals surface area contributed by atoms with Crippen LogP contribution in [-0.2, 0) is 20.8 Å². The number of hydrogen-bond acceptors (Lipinski definition) is 7. The first-order valence-corrected chi connectivity index (χ1v) is 9.15. The minimum atomic E-state index is -0.393. The van der Waals surface area contributed by atoms with E-state index in [0.717, 1.165) is 31.4 Å². The number of aromatic nitrogens is 4.